The maximum atomic E-state index is 5.52. The second-order valence-electron chi connectivity index (χ2n) is 4.38. The second kappa shape index (κ2) is 7.20. The van der Waals surface area contributed by atoms with Crippen LogP contribution in [0.2, 0.25) is 0 Å². The molecule has 0 atom stereocenters. The van der Waals surface area contributed by atoms with Crippen molar-refractivity contribution in [3.63, 3.8) is 0 Å². The molecule has 1 fully saturated rings. The molecule has 0 saturated heterocycles. The van der Waals surface area contributed by atoms with Gasteiger partial charge in [-0.05, 0) is 25.7 Å². The van der Waals surface area contributed by atoms with Gasteiger partial charge in [-0.3, -0.25) is 0 Å². The second-order valence-corrected chi connectivity index (χ2v) is 4.38. The van der Waals surface area contributed by atoms with Crippen LogP contribution in [-0.4, -0.2) is 39.0 Å². The Labute approximate surface area is 93.5 Å². The molecule has 3 nitrogen and oxygen atoms in total. The van der Waals surface area contributed by atoms with Crippen molar-refractivity contribution in [3.8, 4) is 0 Å². The summed E-state index contributed by atoms with van der Waals surface area (Å²) in [5.74, 6) is 0. The Morgan fingerprint density at radius 3 is 2.60 bits per heavy atom. The molecule has 3 heteroatoms. The van der Waals surface area contributed by atoms with Crippen LogP contribution in [0, 0.1) is 0 Å². The molecule has 1 rings (SSSR count). The molecule has 0 aliphatic heterocycles. The minimum Gasteiger partial charge on any atom is -0.380 e. The van der Waals surface area contributed by atoms with Gasteiger partial charge in [0.05, 0.1) is 12.2 Å². The van der Waals surface area contributed by atoms with Crippen LogP contribution in [0.1, 0.15) is 39.0 Å². The number of hydrogen-bond donors (Lipinski definition) is 1. The Hall–Kier alpha value is -0.120. The average Bonchev–Trinajstić information content (AvgIpc) is 2.20. The lowest BCUT2D eigenvalue weighted by molar-refractivity contribution is -0.0698. The zero-order valence-electron chi connectivity index (χ0n) is 10.2. The normalized spacial score (nSPS) is 18.8. The van der Waals surface area contributed by atoms with Crippen molar-refractivity contribution >= 4 is 0 Å². The first kappa shape index (κ1) is 12.9. The molecule has 1 saturated carbocycles. The predicted octanol–water partition coefficient (Wildman–Crippen LogP) is 1.96. The Morgan fingerprint density at radius 2 is 2.07 bits per heavy atom. The predicted molar refractivity (Wildman–Crippen MR) is 62.2 cm³/mol. The van der Waals surface area contributed by atoms with Gasteiger partial charge in [-0.2, -0.15) is 0 Å². The molecule has 90 valence electrons. The topological polar surface area (TPSA) is 30.5 Å². The molecule has 0 aromatic rings. The minimum atomic E-state index is 0.142. The number of nitrogens with one attached hydrogen (secondary N) is 1. The highest BCUT2D eigenvalue weighted by Gasteiger charge is 2.36. The number of ether oxygens (including phenoxy) is 2. The first-order valence-corrected chi connectivity index (χ1v) is 6.16. The van der Waals surface area contributed by atoms with Crippen LogP contribution < -0.4 is 5.32 Å². The van der Waals surface area contributed by atoms with Crippen LogP contribution in [0.25, 0.3) is 0 Å². The SMILES string of the molecule is CCCCOCCNCC1(OC)CCC1. The molecule has 0 unspecified atom stereocenters. The Bertz CT molecular complexity index is 152. The number of hydrogen-bond acceptors (Lipinski definition) is 3. The van der Waals surface area contributed by atoms with E-state index in [0.29, 0.717) is 0 Å². The monoisotopic (exact) mass is 215 g/mol. The van der Waals surface area contributed by atoms with Crippen LogP contribution in [0.15, 0.2) is 0 Å². The summed E-state index contributed by atoms with van der Waals surface area (Å²) in [5.41, 5.74) is 0.142. The van der Waals surface area contributed by atoms with Crippen molar-refractivity contribution in [2.45, 2.75) is 44.6 Å². The summed E-state index contributed by atoms with van der Waals surface area (Å²) in [7, 11) is 1.82. The van der Waals surface area contributed by atoms with Crippen molar-refractivity contribution in [2.75, 3.05) is 33.4 Å². The van der Waals surface area contributed by atoms with E-state index < -0.39 is 0 Å². The molecule has 0 radical (unpaired) electrons. The van der Waals surface area contributed by atoms with Gasteiger partial charge < -0.3 is 14.8 Å². The van der Waals surface area contributed by atoms with Gasteiger partial charge in [0.15, 0.2) is 0 Å². The zero-order valence-corrected chi connectivity index (χ0v) is 10.2. The number of methoxy groups -OCH3 is 1. The van der Waals surface area contributed by atoms with Crippen molar-refractivity contribution in [2.24, 2.45) is 0 Å². The van der Waals surface area contributed by atoms with Crippen LogP contribution in [0.5, 0.6) is 0 Å². The summed E-state index contributed by atoms with van der Waals surface area (Å²) in [5, 5.41) is 3.41. The number of unbranched alkanes of at least 4 members (excludes halogenated alkanes) is 1. The molecular formula is C12H25NO2. The summed E-state index contributed by atoms with van der Waals surface area (Å²) in [6.45, 7) is 5.81. The molecule has 0 aromatic carbocycles. The summed E-state index contributed by atoms with van der Waals surface area (Å²) in [6, 6.07) is 0. The van der Waals surface area contributed by atoms with E-state index in [1.54, 1.807) is 0 Å². The first-order valence-electron chi connectivity index (χ1n) is 6.16. The van der Waals surface area contributed by atoms with Gasteiger partial charge in [-0.1, -0.05) is 13.3 Å². The molecule has 0 amide bonds. The molecule has 1 N–H and O–H groups in total. The minimum absolute atomic E-state index is 0.142. The van der Waals surface area contributed by atoms with Crippen molar-refractivity contribution in [1.82, 2.24) is 5.32 Å². The fourth-order valence-corrected chi connectivity index (χ4v) is 1.83. The van der Waals surface area contributed by atoms with Crippen molar-refractivity contribution < 1.29 is 9.47 Å². The summed E-state index contributed by atoms with van der Waals surface area (Å²) in [4.78, 5) is 0. The third-order valence-corrected chi connectivity index (χ3v) is 3.21. The summed E-state index contributed by atoms with van der Waals surface area (Å²) in [6.07, 6.45) is 6.09. The van der Waals surface area contributed by atoms with Gasteiger partial charge in [-0.15, -0.1) is 0 Å². The highest BCUT2D eigenvalue weighted by Crippen LogP contribution is 2.34. The maximum absolute atomic E-state index is 5.52. The lowest BCUT2D eigenvalue weighted by Gasteiger charge is -2.40. The van der Waals surface area contributed by atoms with E-state index in [1.165, 1.54) is 32.1 Å². The molecule has 1 aliphatic rings. The molecule has 15 heavy (non-hydrogen) atoms. The molecular weight excluding hydrogens is 190 g/mol. The lowest BCUT2D eigenvalue weighted by Crippen LogP contribution is -2.48. The van der Waals surface area contributed by atoms with Crippen molar-refractivity contribution in [1.29, 1.82) is 0 Å². The van der Waals surface area contributed by atoms with E-state index in [4.69, 9.17) is 9.47 Å². The van der Waals surface area contributed by atoms with Gasteiger partial charge >= 0.3 is 0 Å². The Morgan fingerprint density at radius 1 is 1.27 bits per heavy atom. The summed E-state index contributed by atoms with van der Waals surface area (Å²) < 4.78 is 11.0. The molecule has 0 aromatic heterocycles. The van der Waals surface area contributed by atoms with Crippen LogP contribution in [-0.2, 0) is 9.47 Å². The van der Waals surface area contributed by atoms with Crippen LogP contribution >= 0.6 is 0 Å². The van der Waals surface area contributed by atoms with Crippen LogP contribution in [0.4, 0.5) is 0 Å². The Balaban J connectivity index is 1.88. The number of rotatable bonds is 9. The molecule has 0 bridgehead atoms. The maximum Gasteiger partial charge on any atom is 0.0802 e. The van der Waals surface area contributed by atoms with E-state index in [-0.39, 0.29) is 5.60 Å². The summed E-state index contributed by atoms with van der Waals surface area (Å²) >= 11 is 0. The molecule has 1 aliphatic carbocycles. The van der Waals surface area contributed by atoms with E-state index in [2.05, 4.69) is 12.2 Å². The molecule has 0 spiro atoms. The van der Waals surface area contributed by atoms with Gasteiger partial charge in [0.2, 0.25) is 0 Å². The Kier molecular flexibility index (Phi) is 6.22. The lowest BCUT2D eigenvalue weighted by atomic mass is 9.80. The van der Waals surface area contributed by atoms with E-state index >= 15 is 0 Å². The quantitative estimate of drug-likeness (QED) is 0.596. The van der Waals surface area contributed by atoms with Crippen molar-refractivity contribution in [3.05, 3.63) is 0 Å². The third-order valence-electron chi connectivity index (χ3n) is 3.21. The average molecular weight is 215 g/mol. The third kappa shape index (κ3) is 4.49. The van der Waals surface area contributed by atoms with Gasteiger partial charge in [0.25, 0.3) is 0 Å². The zero-order chi connectivity index (χ0) is 11.0. The van der Waals surface area contributed by atoms with Crippen LogP contribution in [0.3, 0.4) is 0 Å². The highest BCUT2D eigenvalue weighted by molar-refractivity contribution is 4.91. The van der Waals surface area contributed by atoms with E-state index in [9.17, 15) is 0 Å². The highest BCUT2D eigenvalue weighted by atomic mass is 16.5. The van der Waals surface area contributed by atoms with Gasteiger partial charge in [-0.25, -0.2) is 0 Å². The largest absolute Gasteiger partial charge is 0.380 e. The van der Waals surface area contributed by atoms with E-state index in [0.717, 1.165) is 26.3 Å². The standard InChI is InChI=1S/C12H25NO2/c1-3-4-9-15-10-8-13-11-12(14-2)6-5-7-12/h13H,3-11H2,1-2H3. The smallest absolute Gasteiger partial charge is 0.0802 e. The fraction of sp³-hybridized carbons (Fsp3) is 1.00. The van der Waals surface area contributed by atoms with E-state index in [1.807, 2.05) is 7.11 Å². The van der Waals surface area contributed by atoms with Gasteiger partial charge in [0.1, 0.15) is 0 Å². The van der Waals surface area contributed by atoms with Gasteiger partial charge in [0, 0.05) is 26.8 Å². The molecule has 0 heterocycles. The first-order chi connectivity index (χ1) is 7.33. The fourth-order valence-electron chi connectivity index (χ4n) is 1.83.